The van der Waals surface area contributed by atoms with E-state index in [0.717, 1.165) is 39.9 Å². The molecule has 2 rings (SSSR count). The maximum atomic E-state index is 9.33. The van der Waals surface area contributed by atoms with Gasteiger partial charge in [0.15, 0.2) is 0 Å². The summed E-state index contributed by atoms with van der Waals surface area (Å²) in [5.74, 6) is 0. The third-order valence-corrected chi connectivity index (χ3v) is 4.24. The lowest BCUT2D eigenvalue weighted by Crippen LogP contribution is -1.99. The number of nitriles is 1. The normalized spacial score (nSPS) is 11.2. The Bertz CT molecular complexity index is 801. The van der Waals surface area contributed by atoms with Crippen molar-refractivity contribution in [2.45, 2.75) is 27.2 Å². The molecule has 1 heterocycles. The van der Waals surface area contributed by atoms with Crippen LogP contribution in [-0.4, -0.2) is 12.0 Å². The van der Waals surface area contributed by atoms with Crippen molar-refractivity contribution in [2.24, 2.45) is 0 Å². The number of rotatable bonds is 4. The highest BCUT2D eigenvalue weighted by atomic mass is 35.5. The third-order valence-electron chi connectivity index (χ3n) is 3.83. The van der Waals surface area contributed by atoms with E-state index in [-0.39, 0.29) is 0 Å². The number of nitrogens with zero attached hydrogens (tertiary/aromatic N) is 2. The summed E-state index contributed by atoms with van der Waals surface area (Å²) in [6.45, 7) is 6.09. The average molecular weight is 326 g/mol. The molecule has 0 fully saturated rings. The molecule has 0 atom stereocenters. The van der Waals surface area contributed by atoms with Crippen molar-refractivity contribution >= 4 is 22.9 Å². The largest absolute Gasteiger partial charge is 0.386 e. The fraction of sp³-hybridized carbons (Fsp3) is 0.263. The third kappa shape index (κ3) is 3.38. The summed E-state index contributed by atoms with van der Waals surface area (Å²) >= 11 is 6.54. The van der Waals surface area contributed by atoms with Crippen LogP contribution in [0.3, 0.4) is 0 Å². The van der Waals surface area contributed by atoms with E-state index in [0.29, 0.717) is 10.6 Å². The number of halogens is 1. The predicted molar refractivity (Wildman–Crippen MR) is 96.8 cm³/mol. The number of pyridine rings is 1. The standard InChI is InChI=1S/C19H20ClN3/c1-5-6-15(17-10-23-11-18(22-4)19(17)20)16-8-14(9-21)12(2)7-13(16)3/h6-8,10-11,22H,5H2,1-4H3/b15-6+. The Labute approximate surface area is 142 Å². The second kappa shape index (κ2) is 7.30. The number of allylic oxidation sites excluding steroid dienone is 1. The summed E-state index contributed by atoms with van der Waals surface area (Å²) in [6.07, 6.45) is 6.47. The second-order valence-corrected chi connectivity index (χ2v) is 5.80. The van der Waals surface area contributed by atoms with Gasteiger partial charge in [-0.3, -0.25) is 4.98 Å². The lowest BCUT2D eigenvalue weighted by atomic mass is 9.91. The summed E-state index contributed by atoms with van der Waals surface area (Å²) in [7, 11) is 1.82. The summed E-state index contributed by atoms with van der Waals surface area (Å²) in [5.41, 5.74) is 6.47. The van der Waals surface area contributed by atoms with E-state index in [1.807, 2.05) is 26.1 Å². The smallest absolute Gasteiger partial charge is 0.0994 e. The Balaban J connectivity index is 2.71. The van der Waals surface area contributed by atoms with E-state index in [2.05, 4.69) is 36.3 Å². The maximum Gasteiger partial charge on any atom is 0.0994 e. The number of anilines is 1. The first-order chi connectivity index (χ1) is 11.0. The van der Waals surface area contributed by atoms with Gasteiger partial charge in [0.1, 0.15) is 0 Å². The highest BCUT2D eigenvalue weighted by molar-refractivity contribution is 6.35. The molecular formula is C19H20ClN3. The molecule has 4 heteroatoms. The number of aryl methyl sites for hydroxylation is 2. The van der Waals surface area contributed by atoms with Gasteiger partial charge in [-0.25, -0.2) is 0 Å². The molecule has 118 valence electrons. The molecule has 0 amide bonds. The Hall–Kier alpha value is -2.31. The second-order valence-electron chi connectivity index (χ2n) is 5.42. The number of benzene rings is 1. The Kier molecular flexibility index (Phi) is 5.41. The van der Waals surface area contributed by atoms with Crippen molar-refractivity contribution in [3.05, 3.63) is 63.4 Å². The van der Waals surface area contributed by atoms with E-state index < -0.39 is 0 Å². The minimum Gasteiger partial charge on any atom is -0.386 e. The fourth-order valence-electron chi connectivity index (χ4n) is 2.64. The molecule has 0 bridgehead atoms. The molecule has 1 aromatic carbocycles. The van der Waals surface area contributed by atoms with Crippen LogP contribution in [0.5, 0.6) is 0 Å². The van der Waals surface area contributed by atoms with Gasteiger partial charge in [-0.1, -0.05) is 30.7 Å². The van der Waals surface area contributed by atoms with E-state index in [1.165, 1.54) is 0 Å². The molecule has 0 aliphatic heterocycles. The van der Waals surface area contributed by atoms with E-state index in [4.69, 9.17) is 11.6 Å². The number of hydrogen-bond donors (Lipinski definition) is 1. The first kappa shape index (κ1) is 17.1. The molecule has 0 aliphatic carbocycles. The lowest BCUT2D eigenvalue weighted by molar-refractivity contribution is 1.21. The van der Waals surface area contributed by atoms with Crippen LogP contribution in [0.25, 0.3) is 5.57 Å². The summed E-state index contributed by atoms with van der Waals surface area (Å²) in [6, 6.07) is 6.24. The molecule has 0 saturated heterocycles. The highest BCUT2D eigenvalue weighted by Crippen LogP contribution is 2.35. The summed E-state index contributed by atoms with van der Waals surface area (Å²) < 4.78 is 0. The SMILES string of the molecule is CC/C=C(\c1cc(C#N)c(C)cc1C)c1cncc(NC)c1Cl. The van der Waals surface area contributed by atoms with E-state index in [1.54, 1.807) is 12.4 Å². The van der Waals surface area contributed by atoms with Crippen molar-refractivity contribution < 1.29 is 0 Å². The zero-order valence-corrected chi connectivity index (χ0v) is 14.6. The Morgan fingerprint density at radius 2 is 2.00 bits per heavy atom. The molecule has 1 aromatic heterocycles. The molecule has 3 nitrogen and oxygen atoms in total. The molecule has 1 N–H and O–H groups in total. The van der Waals surface area contributed by atoms with Crippen LogP contribution in [0.15, 0.2) is 30.6 Å². The minimum absolute atomic E-state index is 0.640. The van der Waals surface area contributed by atoms with Crippen LogP contribution >= 0.6 is 11.6 Å². The van der Waals surface area contributed by atoms with Crippen molar-refractivity contribution in [3.8, 4) is 6.07 Å². The predicted octanol–water partition coefficient (Wildman–Crippen LogP) is 5.11. The van der Waals surface area contributed by atoms with Gasteiger partial charge in [-0.2, -0.15) is 5.26 Å². The van der Waals surface area contributed by atoms with Crippen LogP contribution in [0.2, 0.25) is 5.02 Å². The first-order valence-corrected chi connectivity index (χ1v) is 7.94. The molecular weight excluding hydrogens is 306 g/mol. The van der Waals surface area contributed by atoms with E-state index in [9.17, 15) is 5.26 Å². The number of aromatic nitrogens is 1. The van der Waals surface area contributed by atoms with Crippen LogP contribution < -0.4 is 5.32 Å². The number of nitrogens with one attached hydrogen (secondary N) is 1. The fourth-order valence-corrected chi connectivity index (χ4v) is 2.93. The van der Waals surface area contributed by atoms with Crippen molar-refractivity contribution in [1.82, 2.24) is 4.98 Å². The van der Waals surface area contributed by atoms with Crippen LogP contribution in [0.1, 0.15) is 41.2 Å². The molecule has 0 radical (unpaired) electrons. The van der Waals surface area contributed by atoms with Gasteiger partial charge in [0.2, 0.25) is 0 Å². The van der Waals surface area contributed by atoms with Gasteiger partial charge in [-0.05, 0) is 48.6 Å². The zero-order valence-electron chi connectivity index (χ0n) is 13.9. The monoisotopic (exact) mass is 325 g/mol. The van der Waals surface area contributed by atoms with Crippen LogP contribution in [-0.2, 0) is 0 Å². The van der Waals surface area contributed by atoms with Crippen molar-refractivity contribution in [2.75, 3.05) is 12.4 Å². The molecule has 0 aliphatic rings. The van der Waals surface area contributed by atoms with Gasteiger partial charge in [0.25, 0.3) is 0 Å². The molecule has 2 aromatic rings. The average Bonchev–Trinajstić information content (AvgIpc) is 2.54. The highest BCUT2D eigenvalue weighted by Gasteiger charge is 2.15. The van der Waals surface area contributed by atoms with Gasteiger partial charge >= 0.3 is 0 Å². The first-order valence-electron chi connectivity index (χ1n) is 7.57. The molecule has 23 heavy (non-hydrogen) atoms. The Morgan fingerprint density at radius 3 is 2.61 bits per heavy atom. The quantitative estimate of drug-likeness (QED) is 0.850. The maximum absolute atomic E-state index is 9.33. The molecule has 0 saturated carbocycles. The van der Waals surface area contributed by atoms with Gasteiger partial charge in [0.05, 0.1) is 28.5 Å². The van der Waals surface area contributed by atoms with Crippen LogP contribution in [0.4, 0.5) is 5.69 Å². The van der Waals surface area contributed by atoms with Gasteiger partial charge < -0.3 is 5.32 Å². The minimum atomic E-state index is 0.640. The van der Waals surface area contributed by atoms with Crippen molar-refractivity contribution in [3.63, 3.8) is 0 Å². The lowest BCUT2D eigenvalue weighted by Gasteiger charge is -2.16. The summed E-state index contributed by atoms with van der Waals surface area (Å²) in [5, 5.41) is 13.0. The topological polar surface area (TPSA) is 48.7 Å². The molecule has 0 spiro atoms. The van der Waals surface area contributed by atoms with Gasteiger partial charge in [-0.15, -0.1) is 0 Å². The Morgan fingerprint density at radius 1 is 1.26 bits per heavy atom. The van der Waals surface area contributed by atoms with Gasteiger partial charge in [0, 0.05) is 18.8 Å². The summed E-state index contributed by atoms with van der Waals surface area (Å²) in [4.78, 5) is 4.28. The zero-order chi connectivity index (χ0) is 17.0. The number of hydrogen-bond acceptors (Lipinski definition) is 3. The van der Waals surface area contributed by atoms with Crippen LogP contribution in [0, 0.1) is 25.2 Å². The van der Waals surface area contributed by atoms with Crippen molar-refractivity contribution in [1.29, 1.82) is 5.26 Å². The molecule has 0 unspecified atom stereocenters. The van der Waals surface area contributed by atoms with E-state index >= 15 is 0 Å².